The molecule has 0 aliphatic carbocycles. The second-order valence-corrected chi connectivity index (χ2v) is 18.5. The first-order chi connectivity index (χ1) is 23.0. The quantitative estimate of drug-likeness (QED) is 0.0482. The second-order valence-electron chi connectivity index (χ2n) is 14.1. The van der Waals surface area contributed by atoms with E-state index in [2.05, 4.69) is 13.8 Å². The maximum Gasteiger partial charge on any atom is 0.317 e. The van der Waals surface area contributed by atoms with Crippen LogP contribution in [0.5, 0.6) is 0 Å². The molecule has 0 aromatic heterocycles. The highest BCUT2D eigenvalue weighted by Crippen LogP contribution is 2.43. The highest BCUT2D eigenvalue weighted by molar-refractivity contribution is 9.09. The highest BCUT2D eigenvalue weighted by atomic mass is 33.5. The summed E-state index contributed by atoms with van der Waals surface area (Å²) in [7, 11) is 4.06. The molecular formula is C40H78O4S3. The summed E-state index contributed by atoms with van der Waals surface area (Å²) in [6.07, 6.45) is 43.4. The van der Waals surface area contributed by atoms with E-state index in [4.69, 9.17) is 0 Å². The fourth-order valence-corrected chi connectivity index (χ4v) is 11.1. The number of unbranched alkanes of at least 4 members (excludes halogenated alkanes) is 30. The average Bonchev–Trinajstić information content (AvgIpc) is 3.05. The summed E-state index contributed by atoms with van der Waals surface area (Å²) in [6, 6.07) is 0. The zero-order chi connectivity index (χ0) is 34.5. The lowest BCUT2D eigenvalue weighted by Gasteiger charge is -2.14. The molecule has 0 amide bonds. The van der Waals surface area contributed by atoms with Crippen molar-refractivity contribution < 1.29 is 19.8 Å². The molecule has 0 bridgehead atoms. The lowest BCUT2D eigenvalue weighted by atomic mass is 10.0. The summed E-state index contributed by atoms with van der Waals surface area (Å²) in [5, 5.41) is 18.4. The van der Waals surface area contributed by atoms with Crippen LogP contribution in [0.3, 0.4) is 0 Å². The van der Waals surface area contributed by atoms with Crippen molar-refractivity contribution in [3.8, 4) is 0 Å². The minimum absolute atomic E-state index is 0.455. The van der Waals surface area contributed by atoms with Crippen LogP contribution in [0.4, 0.5) is 0 Å². The van der Waals surface area contributed by atoms with Crippen LogP contribution in [0.25, 0.3) is 0 Å². The molecule has 0 saturated heterocycles. The molecule has 4 nitrogen and oxygen atoms in total. The van der Waals surface area contributed by atoms with Crippen molar-refractivity contribution in [2.24, 2.45) is 0 Å². The highest BCUT2D eigenvalue weighted by Gasteiger charge is 2.22. The topological polar surface area (TPSA) is 74.6 Å². The van der Waals surface area contributed by atoms with Gasteiger partial charge in [-0.15, -0.1) is 0 Å². The van der Waals surface area contributed by atoms with Crippen molar-refractivity contribution in [2.45, 2.75) is 243 Å². The van der Waals surface area contributed by atoms with Gasteiger partial charge in [-0.3, -0.25) is 9.59 Å². The molecule has 47 heavy (non-hydrogen) atoms. The minimum Gasteiger partial charge on any atom is -0.480 e. The Bertz CT molecular complexity index is 609. The molecule has 2 unspecified atom stereocenters. The van der Waals surface area contributed by atoms with E-state index in [0.717, 1.165) is 25.7 Å². The van der Waals surface area contributed by atoms with Crippen LogP contribution >= 0.6 is 31.4 Å². The third-order valence-corrected chi connectivity index (χ3v) is 14.3. The van der Waals surface area contributed by atoms with Crippen molar-refractivity contribution in [3.63, 3.8) is 0 Å². The molecule has 0 aromatic rings. The maximum absolute atomic E-state index is 11.8. The zero-order valence-electron chi connectivity index (χ0n) is 31.1. The van der Waals surface area contributed by atoms with Gasteiger partial charge < -0.3 is 10.2 Å². The first kappa shape index (κ1) is 47.0. The molecule has 0 aromatic carbocycles. The van der Waals surface area contributed by atoms with Crippen LogP contribution in [0, 0.1) is 0 Å². The number of aliphatic carboxylic acids is 2. The van der Waals surface area contributed by atoms with E-state index in [-0.39, 0.29) is 0 Å². The molecule has 0 fully saturated rings. The Morgan fingerprint density at radius 2 is 0.553 bits per heavy atom. The lowest BCUT2D eigenvalue weighted by Crippen LogP contribution is -2.16. The number of carbonyl (C=O) groups is 2. The minimum atomic E-state index is -0.770. The van der Waals surface area contributed by atoms with Crippen molar-refractivity contribution in [2.75, 3.05) is 0 Å². The fourth-order valence-electron chi connectivity index (χ4n) is 6.30. The molecule has 0 radical (unpaired) electrons. The van der Waals surface area contributed by atoms with E-state index in [1.54, 1.807) is 0 Å². The van der Waals surface area contributed by atoms with Crippen LogP contribution in [0.1, 0.15) is 232 Å². The van der Waals surface area contributed by atoms with E-state index in [0.29, 0.717) is 12.8 Å². The molecule has 7 heteroatoms. The molecule has 2 N–H and O–H groups in total. The van der Waals surface area contributed by atoms with E-state index >= 15 is 0 Å². The van der Waals surface area contributed by atoms with Gasteiger partial charge in [0.1, 0.15) is 10.5 Å². The molecule has 280 valence electrons. The zero-order valence-corrected chi connectivity index (χ0v) is 33.6. The van der Waals surface area contributed by atoms with E-state index in [9.17, 15) is 19.8 Å². The predicted octanol–water partition coefficient (Wildman–Crippen LogP) is 15.2. The van der Waals surface area contributed by atoms with Gasteiger partial charge in [0.25, 0.3) is 0 Å². The number of hydrogen-bond donors (Lipinski definition) is 2. The standard InChI is InChI=1S/C40H78O4S3/c1-3-5-7-9-11-13-15-17-19-21-23-25-27-29-31-33-35-37(39(41)42)45-47-46-38(40(43)44)36-34-32-30-28-26-24-22-20-18-16-14-12-10-8-6-4-2/h37-38H,3-36H2,1-2H3,(H,41,42)(H,43,44). The number of carboxylic acid groups (broad SMARTS) is 2. The summed E-state index contributed by atoms with van der Waals surface area (Å²) >= 11 is 0. The number of carboxylic acids is 2. The molecule has 0 aliphatic heterocycles. The van der Waals surface area contributed by atoms with Crippen LogP contribution < -0.4 is 0 Å². The maximum atomic E-state index is 11.8. The third-order valence-electron chi connectivity index (χ3n) is 9.50. The van der Waals surface area contributed by atoms with Gasteiger partial charge in [-0.05, 0) is 22.7 Å². The first-order valence-corrected chi connectivity index (χ1v) is 24.1. The predicted molar refractivity (Wildman–Crippen MR) is 214 cm³/mol. The van der Waals surface area contributed by atoms with Gasteiger partial charge in [-0.25, -0.2) is 0 Å². The molecule has 0 heterocycles. The van der Waals surface area contributed by atoms with E-state index < -0.39 is 22.4 Å². The largest absolute Gasteiger partial charge is 0.480 e. The Kier molecular flexibility index (Phi) is 38.8. The number of rotatable bonds is 40. The van der Waals surface area contributed by atoms with Gasteiger partial charge >= 0.3 is 11.9 Å². The molecule has 0 spiro atoms. The lowest BCUT2D eigenvalue weighted by molar-refractivity contribution is -0.137. The second kappa shape index (κ2) is 38.8. The van der Waals surface area contributed by atoms with E-state index in [1.807, 2.05) is 0 Å². The summed E-state index contributed by atoms with van der Waals surface area (Å²) < 4.78 is 0. The smallest absolute Gasteiger partial charge is 0.317 e. The summed E-state index contributed by atoms with van der Waals surface area (Å²) in [5.41, 5.74) is 0. The Hall–Kier alpha value is -0.0100. The van der Waals surface area contributed by atoms with E-state index in [1.165, 1.54) is 211 Å². The Balaban J connectivity index is 3.69. The SMILES string of the molecule is CCCCCCCCCCCCCCCCCCC(SSSC(CCCCCCCCCCCCCCCCCC)C(=O)O)C(=O)O. The van der Waals surface area contributed by atoms with Crippen LogP contribution in [-0.4, -0.2) is 32.7 Å². The van der Waals surface area contributed by atoms with Crippen molar-refractivity contribution in [3.05, 3.63) is 0 Å². The Morgan fingerprint density at radius 3 is 0.745 bits per heavy atom. The molecule has 0 aliphatic rings. The van der Waals surface area contributed by atoms with Crippen molar-refractivity contribution >= 4 is 43.4 Å². The van der Waals surface area contributed by atoms with Crippen LogP contribution in [0.2, 0.25) is 0 Å². The number of hydrogen-bond acceptors (Lipinski definition) is 5. The van der Waals surface area contributed by atoms with Crippen LogP contribution in [0.15, 0.2) is 0 Å². The van der Waals surface area contributed by atoms with Gasteiger partial charge in [-0.2, -0.15) is 0 Å². The molecule has 0 saturated carbocycles. The summed E-state index contributed by atoms with van der Waals surface area (Å²) in [6.45, 7) is 4.55. The molecule has 2 atom stereocenters. The first-order valence-electron chi connectivity index (χ1n) is 20.5. The third kappa shape index (κ3) is 35.6. The van der Waals surface area contributed by atoms with Gasteiger partial charge in [-0.1, -0.05) is 241 Å². The van der Waals surface area contributed by atoms with Gasteiger partial charge in [0.15, 0.2) is 0 Å². The van der Waals surface area contributed by atoms with Crippen LogP contribution in [-0.2, 0) is 9.59 Å². The summed E-state index contributed by atoms with van der Waals surface area (Å²) in [4.78, 5) is 23.6. The fraction of sp³-hybridized carbons (Fsp3) is 0.950. The molecule has 0 rings (SSSR count). The Morgan fingerprint density at radius 1 is 0.362 bits per heavy atom. The van der Waals surface area contributed by atoms with Gasteiger partial charge in [0, 0.05) is 0 Å². The summed E-state index contributed by atoms with van der Waals surface area (Å²) in [5.74, 6) is -1.54. The Labute approximate surface area is 304 Å². The monoisotopic (exact) mass is 719 g/mol. The normalized spacial score (nSPS) is 12.8. The van der Waals surface area contributed by atoms with Crippen molar-refractivity contribution in [1.29, 1.82) is 0 Å². The molecular weight excluding hydrogens is 641 g/mol. The van der Waals surface area contributed by atoms with Gasteiger partial charge in [0.2, 0.25) is 0 Å². The average molecular weight is 719 g/mol. The van der Waals surface area contributed by atoms with Crippen molar-refractivity contribution in [1.82, 2.24) is 0 Å². The van der Waals surface area contributed by atoms with Gasteiger partial charge in [0.05, 0.1) is 0 Å².